The van der Waals surface area contributed by atoms with Crippen molar-refractivity contribution in [3.05, 3.63) is 91.4 Å². The summed E-state index contributed by atoms with van der Waals surface area (Å²) in [6.45, 7) is 3.55. The van der Waals surface area contributed by atoms with Gasteiger partial charge in [-0.2, -0.15) is 5.10 Å². The maximum atomic E-state index is 14.6. The van der Waals surface area contributed by atoms with Crippen molar-refractivity contribution < 1.29 is 18.4 Å². The lowest BCUT2D eigenvalue weighted by Gasteiger charge is -2.34. The summed E-state index contributed by atoms with van der Waals surface area (Å²) in [6.07, 6.45) is 0.294. The van der Waals surface area contributed by atoms with Crippen LogP contribution in [-0.2, 0) is 11.2 Å². The van der Waals surface area contributed by atoms with Crippen LogP contribution in [0.2, 0.25) is 5.02 Å². The predicted octanol–water partition coefficient (Wildman–Crippen LogP) is 3.40. The third-order valence-electron chi connectivity index (χ3n) is 5.98. The monoisotopic (exact) mass is 486 g/mol. The number of hydrogen-bond acceptors (Lipinski definition) is 4. The standard InChI is InChI=1S/C24H21ClF2N4O3/c1-13-14(2)23(33)29-28-21(13)10-15-3-5-19(26)17(9-15)24(34)30-7-8-31(22(32)12-30)16-4-6-20(27)18(25)11-16/h3-6,9,11H,7-8,10,12H2,1-2H3,(H,29,33). The summed E-state index contributed by atoms with van der Waals surface area (Å²) in [6, 6.07) is 8.15. The molecule has 0 aliphatic carbocycles. The zero-order valence-corrected chi connectivity index (χ0v) is 19.2. The average molecular weight is 487 g/mol. The first kappa shape index (κ1) is 23.6. The Bertz CT molecular complexity index is 1360. The van der Waals surface area contributed by atoms with Crippen LogP contribution in [0.5, 0.6) is 0 Å². The molecular weight excluding hydrogens is 466 g/mol. The topological polar surface area (TPSA) is 86.4 Å². The van der Waals surface area contributed by atoms with Crippen LogP contribution in [0, 0.1) is 25.5 Å². The lowest BCUT2D eigenvalue weighted by molar-refractivity contribution is -0.120. The molecule has 1 saturated heterocycles. The van der Waals surface area contributed by atoms with Crippen LogP contribution in [0.25, 0.3) is 0 Å². The molecule has 3 aromatic rings. The van der Waals surface area contributed by atoms with Crippen molar-refractivity contribution in [1.82, 2.24) is 15.1 Å². The number of piperazine rings is 1. The molecule has 2 aromatic carbocycles. The number of anilines is 1. The molecule has 1 aliphatic rings. The Kier molecular flexibility index (Phi) is 6.47. The summed E-state index contributed by atoms with van der Waals surface area (Å²) in [4.78, 5) is 40.1. The Labute approximate surface area is 199 Å². The highest BCUT2D eigenvalue weighted by Crippen LogP contribution is 2.25. The Hall–Kier alpha value is -3.59. The molecular formula is C24H21ClF2N4O3. The number of nitrogens with one attached hydrogen (secondary N) is 1. The second-order valence-corrected chi connectivity index (χ2v) is 8.52. The molecule has 0 atom stereocenters. The van der Waals surface area contributed by atoms with Gasteiger partial charge in [-0.1, -0.05) is 17.7 Å². The molecule has 1 fully saturated rings. The van der Waals surface area contributed by atoms with Crippen molar-refractivity contribution in [3.8, 4) is 0 Å². The first-order valence-corrected chi connectivity index (χ1v) is 10.9. The zero-order valence-electron chi connectivity index (χ0n) is 18.5. The van der Waals surface area contributed by atoms with Crippen molar-refractivity contribution in [2.24, 2.45) is 0 Å². The fourth-order valence-corrected chi connectivity index (χ4v) is 4.00. The highest BCUT2D eigenvalue weighted by molar-refractivity contribution is 6.31. The van der Waals surface area contributed by atoms with Crippen molar-refractivity contribution >= 4 is 29.1 Å². The number of amides is 2. The van der Waals surface area contributed by atoms with Crippen molar-refractivity contribution in [2.75, 3.05) is 24.5 Å². The third-order valence-corrected chi connectivity index (χ3v) is 6.27. The Morgan fingerprint density at radius 1 is 1.06 bits per heavy atom. The van der Waals surface area contributed by atoms with Crippen molar-refractivity contribution in [3.63, 3.8) is 0 Å². The van der Waals surface area contributed by atoms with Gasteiger partial charge >= 0.3 is 0 Å². The van der Waals surface area contributed by atoms with E-state index in [2.05, 4.69) is 10.2 Å². The number of aromatic nitrogens is 2. The van der Waals surface area contributed by atoms with E-state index in [0.29, 0.717) is 28.9 Å². The maximum absolute atomic E-state index is 14.6. The highest BCUT2D eigenvalue weighted by Gasteiger charge is 2.30. The van der Waals surface area contributed by atoms with Gasteiger partial charge in [0.1, 0.15) is 18.2 Å². The average Bonchev–Trinajstić information content (AvgIpc) is 2.82. The number of aromatic amines is 1. The molecule has 10 heteroatoms. The molecule has 0 spiro atoms. The van der Waals surface area contributed by atoms with Crippen LogP contribution in [0.4, 0.5) is 14.5 Å². The summed E-state index contributed by atoms with van der Waals surface area (Å²) >= 11 is 5.82. The molecule has 1 N–H and O–H groups in total. The van der Waals surface area contributed by atoms with E-state index in [4.69, 9.17) is 11.6 Å². The van der Waals surface area contributed by atoms with Gasteiger partial charge in [0.05, 0.1) is 16.3 Å². The predicted molar refractivity (Wildman–Crippen MR) is 123 cm³/mol. The van der Waals surface area contributed by atoms with Gasteiger partial charge in [0, 0.05) is 30.8 Å². The molecule has 0 bridgehead atoms. The van der Waals surface area contributed by atoms with E-state index in [1.54, 1.807) is 19.9 Å². The largest absolute Gasteiger partial charge is 0.327 e. The Balaban J connectivity index is 1.52. The first-order chi connectivity index (χ1) is 16.2. The van der Waals surface area contributed by atoms with Crippen LogP contribution in [0.1, 0.15) is 32.7 Å². The van der Waals surface area contributed by atoms with Gasteiger partial charge in [0.2, 0.25) is 5.91 Å². The van der Waals surface area contributed by atoms with E-state index < -0.39 is 17.5 Å². The first-order valence-electron chi connectivity index (χ1n) is 10.5. The number of carbonyl (C=O) groups is 2. The van der Waals surface area contributed by atoms with E-state index in [1.165, 1.54) is 40.1 Å². The number of rotatable bonds is 4. The van der Waals surface area contributed by atoms with E-state index >= 15 is 0 Å². The van der Waals surface area contributed by atoms with Crippen molar-refractivity contribution in [1.29, 1.82) is 0 Å². The molecule has 1 aliphatic heterocycles. The summed E-state index contributed by atoms with van der Waals surface area (Å²) < 4.78 is 28.0. The molecule has 0 saturated carbocycles. The SMILES string of the molecule is Cc1c(Cc2ccc(F)c(C(=O)N3CCN(c4ccc(F)c(Cl)c4)C(=O)C3)c2)n[nH]c(=O)c1C. The van der Waals surface area contributed by atoms with Gasteiger partial charge in [-0.3, -0.25) is 14.4 Å². The van der Waals surface area contributed by atoms with E-state index in [-0.39, 0.29) is 41.7 Å². The van der Waals surface area contributed by atoms with E-state index in [1.807, 2.05) is 0 Å². The lowest BCUT2D eigenvalue weighted by Crippen LogP contribution is -2.52. The second-order valence-electron chi connectivity index (χ2n) is 8.11. The molecule has 2 heterocycles. The van der Waals surface area contributed by atoms with Crippen molar-refractivity contribution in [2.45, 2.75) is 20.3 Å². The molecule has 34 heavy (non-hydrogen) atoms. The highest BCUT2D eigenvalue weighted by atomic mass is 35.5. The van der Waals surface area contributed by atoms with Crippen LogP contribution < -0.4 is 10.5 Å². The fraction of sp³-hybridized carbons (Fsp3) is 0.250. The zero-order chi connectivity index (χ0) is 24.6. The fourth-order valence-electron chi connectivity index (χ4n) is 3.83. The van der Waals surface area contributed by atoms with Gasteiger partial charge in [0.25, 0.3) is 11.5 Å². The minimum atomic E-state index is -0.698. The second kappa shape index (κ2) is 9.34. The van der Waals surface area contributed by atoms with Gasteiger partial charge in [-0.25, -0.2) is 13.9 Å². The van der Waals surface area contributed by atoms with Crippen LogP contribution in [0.3, 0.4) is 0 Å². The summed E-state index contributed by atoms with van der Waals surface area (Å²) in [7, 11) is 0. The van der Waals surface area contributed by atoms with Gasteiger partial charge in [0.15, 0.2) is 0 Å². The molecule has 0 unspecified atom stereocenters. The van der Waals surface area contributed by atoms with Crippen LogP contribution in [0.15, 0.2) is 41.2 Å². The minimum Gasteiger partial charge on any atom is -0.327 e. The van der Waals surface area contributed by atoms with Gasteiger partial charge < -0.3 is 9.80 Å². The third kappa shape index (κ3) is 4.56. The normalized spacial score (nSPS) is 14.0. The van der Waals surface area contributed by atoms with Gasteiger partial charge in [-0.15, -0.1) is 0 Å². The summed E-state index contributed by atoms with van der Waals surface area (Å²) in [5.41, 5.74) is 2.52. The van der Waals surface area contributed by atoms with Crippen LogP contribution in [-0.4, -0.2) is 46.5 Å². The minimum absolute atomic E-state index is 0.106. The Morgan fingerprint density at radius 2 is 1.79 bits per heavy atom. The molecule has 2 amide bonds. The van der Waals surface area contributed by atoms with Gasteiger partial charge in [-0.05, 0) is 55.3 Å². The number of carbonyl (C=O) groups excluding carboxylic acids is 2. The number of hydrogen-bond donors (Lipinski definition) is 1. The maximum Gasteiger partial charge on any atom is 0.267 e. The number of halogens is 3. The lowest BCUT2D eigenvalue weighted by atomic mass is 10.0. The Morgan fingerprint density at radius 3 is 2.50 bits per heavy atom. The van der Waals surface area contributed by atoms with Crippen LogP contribution >= 0.6 is 11.6 Å². The molecule has 1 aromatic heterocycles. The smallest absolute Gasteiger partial charge is 0.267 e. The van der Waals surface area contributed by atoms with E-state index in [9.17, 15) is 23.2 Å². The number of nitrogens with zero attached hydrogens (tertiary/aromatic N) is 3. The molecule has 176 valence electrons. The molecule has 7 nitrogen and oxygen atoms in total. The number of H-pyrrole nitrogens is 1. The van der Waals surface area contributed by atoms with E-state index in [0.717, 1.165) is 5.56 Å². The number of benzene rings is 2. The molecule has 4 rings (SSSR count). The quantitative estimate of drug-likeness (QED) is 0.612. The summed E-state index contributed by atoms with van der Waals surface area (Å²) in [5.74, 6) is -2.28. The molecule has 0 radical (unpaired) electrons. The summed E-state index contributed by atoms with van der Waals surface area (Å²) in [5, 5.41) is 6.40.